The number of allylic oxidation sites excluding steroid dienone is 1. The van der Waals surface area contributed by atoms with Crippen LogP contribution in [0.2, 0.25) is 0 Å². The van der Waals surface area contributed by atoms with E-state index in [0.717, 1.165) is 17.1 Å². The number of rotatable bonds is 3. The van der Waals surface area contributed by atoms with E-state index in [1.54, 1.807) is 7.11 Å². The molecule has 0 bridgehead atoms. The Kier molecular flexibility index (Phi) is 3.93. The highest BCUT2D eigenvalue weighted by Gasteiger charge is 2.32. The monoisotopic (exact) mass is 294 g/mol. The lowest BCUT2D eigenvalue weighted by molar-refractivity contribution is 0.215. The minimum Gasteiger partial charge on any atom is -0.496 e. The van der Waals surface area contributed by atoms with E-state index in [1.807, 2.05) is 6.92 Å². The Morgan fingerprint density at radius 1 is 1.14 bits per heavy atom. The van der Waals surface area contributed by atoms with Crippen LogP contribution in [0.5, 0.6) is 11.5 Å². The molecule has 2 aromatic rings. The molecule has 0 N–H and O–H groups in total. The van der Waals surface area contributed by atoms with Crippen LogP contribution in [-0.2, 0) is 0 Å². The molecule has 1 heterocycles. The molecule has 2 unspecified atom stereocenters. The second kappa shape index (κ2) is 5.88. The molecule has 0 radical (unpaired) electrons. The molecule has 1 aliphatic heterocycles. The summed E-state index contributed by atoms with van der Waals surface area (Å²) in [4.78, 5) is 0. The molecule has 0 saturated heterocycles. The van der Waals surface area contributed by atoms with Gasteiger partial charge >= 0.3 is 0 Å². The first-order valence-electron chi connectivity index (χ1n) is 7.72. The molecule has 0 saturated carbocycles. The van der Waals surface area contributed by atoms with Crippen molar-refractivity contribution < 1.29 is 9.47 Å². The lowest BCUT2D eigenvalue weighted by Crippen LogP contribution is -2.07. The van der Waals surface area contributed by atoms with E-state index in [0.29, 0.717) is 5.92 Å². The number of benzene rings is 2. The largest absolute Gasteiger partial charge is 0.496 e. The highest BCUT2D eigenvalue weighted by molar-refractivity contribution is 5.56. The van der Waals surface area contributed by atoms with Gasteiger partial charge in [-0.15, -0.1) is 0 Å². The summed E-state index contributed by atoms with van der Waals surface area (Å²) >= 11 is 0. The van der Waals surface area contributed by atoms with E-state index >= 15 is 0 Å². The Bertz CT molecular complexity index is 716. The van der Waals surface area contributed by atoms with E-state index in [9.17, 15) is 0 Å². The van der Waals surface area contributed by atoms with Crippen LogP contribution in [0.4, 0.5) is 0 Å². The summed E-state index contributed by atoms with van der Waals surface area (Å²) in [5.41, 5.74) is 4.81. The van der Waals surface area contributed by atoms with Crippen molar-refractivity contribution in [2.45, 2.75) is 32.8 Å². The van der Waals surface area contributed by atoms with Crippen LogP contribution in [-0.4, -0.2) is 7.11 Å². The molecule has 2 atom stereocenters. The molecular weight excluding hydrogens is 272 g/mol. The van der Waals surface area contributed by atoms with Crippen molar-refractivity contribution >= 4 is 6.08 Å². The number of fused-ring (bicyclic) bond motifs is 1. The van der Waals surface area contributed by atoms with Gasteiger partial charge in [0.05, 0.1) is 7.11 Å². The van der Waals surface area contributed by atoms with Crippen molar-refractivity contribution in [2.24, 2.45) is 0 Å². The van der Waals surface area contributed by atoms with Crippen molar-refractivity contribution in [3.05, 3.63) is 64.7 Å². The lowest BCUT2D eigenvalue weighted by atomic mass is 9.91. The van der Waals surface area contributed by atoms with Crippen molar-refractivity contribution in [1.82, 2.24) is 0 Å². The third-order valence-corrected chi connectivity index (χ3v) is 4.35. The SMILES string of the molecule is CC=Cc1ccc2c(c1)C(C)C(c1ccc(C)c(OC)c1)O2. The van der Waals surface area contributed by atoms with Crippen molar-refractivity contribution in [2.75, 3.05) is 7.11 Å². The number of methoxy groups -OCH3 is 1. The maximum absolute atomic E-state index is 6.20. The lowest BCUT2D eigenvalue weighted by Gasteiger charge is -2.17. The van der Waals surface area contributed by atoms with Gasteiger partial charge in [-0.2, -0.15) is 0 Å². The molecule has 2 heteroatoms. The topological polar surface area (TPSA) is 18.5 Å². The zero-order valence-electron chi connectivity index (χ0n) is 13.6. The molecule has 0 spiro atoms. The highest BCUT2D eigenvalue weighted by atomic mass is 16.5. The van der Waals surface area contributed by atoms with Gasteiger partial charge in [0.25, 0.3) is 0 Å². The van der Waals surface area contributed by atoms with Gasteiger partial charge in [0, 0.05) is 11.5 Å². The summed E-state index contributed by atoms with van der Waals surface area (Å²) in [7, 11) is 1.71. The number of hydrogen-bond donors (Lipinski definition) is 0. The quantitative estimate of drug-likeness (QED) is 0.767. The van der Waals surface area contributed by atoms with E-state index in [4.69, 9.17) is 9.47 Å². The Hall–Kier alpha value is -2.22. The van der Waals surface area contributed by atoms with Crippen LogP contribution in [0, 0.1) is 6.92 Å². The second-order valence-electron chi connectivity index (χ2n) is 5.85. The van der Waals surface area contributed by atoms with Gasteiger partial charge in [-0.1, -0.05) is 37.3 Å². The predicted molar refractivity (Wildman–Crippen MR) is 90.7 cm³/mol. The van der Waals surface area contributed by atoms with Gasteiger partial charge in [0.2, 0.25) is 0 Å². The maximum Gasteiger partial charge on any atom is 0.131 e. The van der Waals surface area contributed by atoms with Gasteiger partial charge in [0.1, 0.15) is 17.6 Å². The smallest absolute Gasteiger partial charge is 0.131 e. The summed E-state index contributed by atoms with van der Waals surface area (Å²) in [5, 5.41) is 0. The average molecular weight is 294 g/mol. The first kappa shape index (κ1) is 14.7. The molecule has 114 valence electrons. The first-order valence-corrected chi connectivity index (χ1v) is 7.72. The van der Waals surface area contributed by atoms with Gasteiger partial charge in [-0.25, -0.2) is 0 Å². The number of aryl methyl sites for hydroxylation is 1. The summed E-state index contributed by atoms with van der Waals surface area (Å²) in [6.45, 7) is 6.32. The highest BCUT2D eigenvalue weighted by Crippen LogP contribution is 2.46. The van der Waals surface area contributed by atoms with Crippen LogP contribution in [0.1, 0.15) is 48.1 Å². The van der Waals surface area contributed by atoms with Crippen molar-refractivity contribution in [3.63, 3.8) is 0 Å². The molecule has 0 aromatic heterocycles. The summed E-state index contributed by atoms with van der Waals surface area (Å²) in [6, 6.07) is 12.7. The van der Waals surface area contributed by atoms with E-state index in [-0.39, 0.29) is 6.10 Å². The van der Waals surface area contributed by atoms with Crippen LogP contribution >= 0.6 is 0 Å². The van der Waals surface area contributed by atoms with Crippen LogP contribution < -0.4 is 9.47 Å². The number of ether oxygens (including phenoxy) is 2. The van der Waals surface area contributed by atoms with Gasteiger partial charge in [0.15, 0.2) is 0 Å². The minimum atomic E-state index is 0.0466. The summed E-state index contributed by atoms with van der Waals surface area (Å²) < 4.78 is 11.6. The molecule has 0 aliphatic carbocycles. The number of hydrogen-bond acceptors (Lipinski definition) is 2. The molecule has 2 aromatic carbocycles. The van der Waals surface area contributed by atoms with E-state index < -0.39 is 0 Å². The Labute approximate surface area is 132 Å². The van der Waals surface area contributed by atoms with Crippen LogP contribution in [0.15, 0.2) is 42.5 Å². The zero-order chi connectivity index (χ0) is 15.7. The third kappa shape index (κ3) is 2.50. The molecule has 22 heavy (non-hydrogen) atoms. The second-order valence-corrected chi connectivity index (χ2v) is 5.85. The van der Waals surface area contributed by atoms with E-state index in [2.05, 4.69) is 62.4 Å². The molecule has 0 fully saturated rings. The normalized spacial score (nSPS) is 20.0. The molecule has 0 amide bonds. The third-order valence-electron chi connectivity index (χ3n) is 4.35. The van der Waals surface area contributed by atoms with Crippen LogP contribution in [0.3, 0.4) is 0 Å². The fourth-order valence-electron chi connectivity index (χ4n) is 3.10. The minimum absolute atomic E-state index is 0.0466. The van der Waals surface area contributed by atoms with Crippen molar-refractivity contribution in [3.8, 4) is 11.5 Å². The summed E-state index contributed by atoms with van der Waals surface area (Å²) in [6.07, 6.45) is 4.23. The standard InChI is InChI=1S/C20H22O2/c1-5-6-15-8-10-18-17(11-15)14(3)20(22-18)16-9-7-13(2)19(12-16)21-4/h5-12,14,20H,1-4H3. The van der Waals surface area contributed by atoms with Gasteiger partial charge in [-0.3, -0.25) is 0 Å². The first-order chi connectivity index (χ1) is 10.6. The molecular formula is C20H22O2. The molecule has 1 aliphatic rings. The average Bonchev–Trinajstić information content (AvgIpc) is 2.85. The predicted octanol–water partition coefficient (Wildman–Crippen LogP) is 5.27. The molecule has 2 nitrogen and oxygen atoms in total. The molecule has 3 rings (SSSR count). The van der Waals surface area contributed by atoms with Crippen molar-refractivity contribution in [1.29, 1.82) is 0 Å². The maximum atomic E-state index is 6.20. The Morgan fingerprint density at radius 3 is 2.68 bits per heavy atom. The Morgan fingerprint density at radius 2 is 1.95 bits per heavy atom. The van der Waals surface area contributed by atoms with Gasteiger partial charge < -0.3 is 9.47 Å². The Balaban J connectivity index is 1.95. The van der Waals surface area contributed by atoms with Crippen LogP contribution in [0.25, 0.3) is 6.08 Å². The van der Waals surface area contributed by atoms with E-state index in [1.165, 1.54) is 16.7 Å². The zero-order valence-corrected chi connectivity index (χ0v) is 13.6. The van der Waals surface area contributed by atoms with Gasteiger partial charge in [-0.05, 0) is 48.7 Å². The fraction of sp³-hybridized carbons (Fsp3) is 0.300. The summed E-state index contributed by atoms with van der Waals surface area (Å²) in [5.74, 6) is 2.23. The fourth-order valence-corrected chi connectivity index (χ4v) is 3.10.